The van der Waals surface area contributed by atoms with E-state index >= 15 is 0 Å². The minimum atomic E-state index is -5.14. The van der Waals surface area contributed by atoms with Gasteiger partial charge in [0.1, 0.15) is 0 Å². The van der Waals surface area contributed by atoms with Crippen LogP contribution in [0.5, 0.6) is 11.5 Å². The summed E-state index contributed by atoms with van der Waals surface area (Å²) in [5, 5.41) is 20.0. The van der Waals surface area contributed by atoms with Gasteiger partial charge in [0.15, 0.2) is 16.2 Å². The van der Waals surface area contributed by atoms with Gasteiger partial charge < -0.3 is 10.2 Å². The third-order valence-corrected chi connectivity index (χ3v) is 7.27. The lowest BCUT2D eigenvalue weighted by Gasteiger charge is -2.34. The van der Waals surface area contributed by atoms with E-state index in [0.29, 0.717) is 0 Å². The van der Waals surface area contributed by atoms with Crippen molar-refractivity contribution in [3.8, 4) is 11.5 Å². The molecule has 29 heavy (non-hydrogen) atoms. The summed E-state index contributed by atoms with van der Waals surface area (Å²) in [6.45, 7) is 0. The van der Waals surface area contributed by atoms with E-state index < -0.39 is 31.9 Å². The molecule has 152 valence electrons. The molecule has 1 atom stereocenters. The molecule has 3 rings (SSSR count). The van der Waals surface area contributed by atoms with Crippen molar-refractivity contribution in [2.24, 2.45) is 0 Å². The predicted octanol–water partition coefficient (Wildman–Crippen LogP) is 5.89. The number of benzene rings is 3. The summed E-state index contributed by atoms with van der Waals surface area (Å²) < 4.78 is 33.9. The van der Waals surface area contributed by atoms with Crippen LogP contribution in [-0.4, -0.2) is 23.2 Å². The van der Waals surface area contributed by atoms with Crippen LogP contribution in [0.25, 0.3) is 0 Å². The summed E-state index contributed by atoms with van der Waals surface area (Å²) in [5.74, 6) is -1.74. The van der Waals surface area contributed by atoms with Crippen LogP contribution in [0.1, 0.15) is 16.7 Å². The molecule has 0 aromatic heterocycles. The molecule has 0 fully saturated rings. The van der Waals surface area contributed by atoms with E-state index in [1.165, 1.54) is 42.5 Å². The Bertz CT molecular complexity index is 1200. The molecular formula is C19H12Cl4O5S. The van der Waals surface area contributed by atoms with Crippen molar-refractivity contribution in [2.45, 2.75) is 4.75 Å². The van der Waals surface area contributed by atoms with Gasteiger partial charge in [0.05, 0.1) is 20.1 Å². The molecule has 0 saturated carbocycles. The zero-order valence-corrected chi connectivity index (χ0v) is 18.1. The fraction of sp³-hybridized carbons (Fsp3) is 0.0526. The van der Waals surface area contributed by atoms with Gasteiger partial charge >= 0.3 is 0 Å². The maximum Gasteiger partial charge on any atom is 0.283 e. The van der Waals surface area contributed by atoms with Crippen molar-refractivity contribution in [1.29, 1.82) is 0 Å². The molecule has 0 aliphatic heterocycles. The third kappa shape index (κ3) is 3.44. The van der Waals surface area contributed by atoms with Gasteiger partial charge in [-0.1, -0.05) is 88.9 Å². The van der Waals surface area contributed by atoms with Gasteiger partial charge in [0.25, 0.3) is 10.1 Å². The molecule has 0 saturated heterocycles. The largest absolute Gasteiger partial charge is 0.504 e. The van der Waals surface area contributed by atoms with Gasteiger partial charge in [0, 0.05) is 11.1 Å². The third-order valence-electron chi connectivity index (χ3n) is 4.43. The van der Waals surface area contributed by atoms with Crippen molar-refractivity contribution in [2.75, 3.05) is 0 Å². The first-order valence-electron chi connectivity index (χ1n) is 7.91. The van der Waals surface area contributed by atoms with Gasteiger partial charge in [-0.05, 0) is 17.7 Å². The monoisotopic (exact) mass is 492 g/mol. The van der Waals surface area contributed by atoms with E-state index in [1.54, 1.807) is 6.07 Å². The second-order valence-electron chi connectivity index (χ2n) is 6.04. The second kappa shape index (κ2) is 7.87. The molecule has 0 amide bonds. The molecular weight excluding hydrogens is 482 g/mol. The van der Waals surface area contributed by atoms with Crippen molar-refractivity contribution in [3.05, 3.63) is 91.4 Å². The molecule has 5 nitrogen and oxygen atoms in total. The van der Waals surface area contributed by atoms with Crippen molar-refractivity contribution in [3.63, 3.8) is 0 Å². The molecule has 3 aromatic rings. The van der Waals surface area contributed by atoms with Gasteiger partial charge in [-0.25, -0.2) is 0 Å². The Labute approximate surface area is 186 Å². The van der Waals surface area contributed by atoms with E-state index in [0.717, 1.165) is 6.07 Å². The van der Waals surface area contributed by atoms with Crippen molar-refractivity contribution in [1.82, 2.24) is 0 Å². The Balaban J connectivity index is 2.67. The van der Waals surface area contributed by atoms with Gasteiger partial charge in [-0.3, -0.25) is 4.55 Å². The highest BCUT2D eigenvalue weighted by atomic mass is 35.5. The zero-order chi connectivity index (χ0) is 21.6. The van der Waals surface area contributed by atoms with Gasteiger partial charge in [0.2, 0.25) is 0 Å². The fourth-order valence-electron chi connectivity index (χ4n) is 3.23. The SMILES string of the molecule is O=S(=O)(O)C(c1ccccc1)(c1cccc(Cl)c1Cl)c1c(Cl)cc(Cl)c(O)c1O. The smallest absolute Gasteiger partial charge is 0.283 e. The topological polar surface area (TPSA) is 94.8 Å². The molecule has 0 radical (unpaired) electrons. The molecule has 3 N–H and O–H groups in total. The number of halogens is 4. The maximum atomic E-state index is 13.0. The van der Waals surface area contributed by atoms with Crippen molar-refractivity contribution >= 4 is 56.5 Å². The molecule has 0 aliphatic rings. The molecule has 0 aliphatic carbocycles. The molecule has 3 aromatic carbocycles. The lowest BCUT2D eigenvalue weighted by molar-refractivity contribution is 0.394. The van der Waals surface area contributed by atoms with Crippen LogP contribution in [0.3, 0.4) is 0 Å². The number of phenolic OH excluding ortho intramolecular Hbond substituents is 2. The van der Waals surface area contributed by atoms with Crippen LogP contribution in [0, 0.1) is 0 Å². The van der Waals surface area contributed by atoms with Crippen LogP contribution < -0.4 is 0 Å². The lowest BCUT2D eigenvalue weighted by Crippen LogP contribution is -2.39. The van der Waals surface area contributed by atoms with Gasteiger partial charge in [-0.2, -0.15) is 8.42 Å². The number of aromatic hydroxyl groups is 2. The average molecular weight is 494 g/mol. The summed E-state index contributed by atoms with van der Waals surface area (Å²) in [6, 6.07) is 12.7. The normalized spacial score (nSPS) is 13.8. The van der Waals surface area contributed by atoms with Crippen LogP contribution in [0.2, 0.25) is 20.1 Å². The van der Waals surface area contributed by atoms with Crippen LogP contribution in [-0.2, 0) is 14.9 Å². The Hall–Kier alpha value is -1.67. The van der Waals surface area contributed by atoms with E-state index in [9.17, 15) is 23.2 Å². The standard InChI is InChI=1S/C19H12Cl4O5S/c20-12-8-4-7-11(16(12)23)19(29(26,27)28,10-5-2-1-3-6-10)15-13(21)9-14(22)17(24)18(15)25/h1-9,24-25H,(H,26,27,28). The summed E-state index contributed by atoms with van der Waals surface area (Å²) in [6.07, 6.45) is 0. The Morgan fingerprint density at radius 3 is 1.97 bits per heavy atom. The Morgan fingerprint density at radius 1 is 0.759 bits per heavy atom. The Kier molecular flexibility index (Phi) is 5.98. The highest BCUT2D eigenvalue weighted by Gasteiger charge is 2.53. The highest BCUT2D eigenvalue weighted by Crippen LogP contribution is 2.55. The van der Waals surface area contributed by atoms with Crippen LogP contribution in [0.4, 0.5) is 0 Å². The number of hydrogen-bond acceptors (Lipinski definition) is 4. The highest BCUT2D eigenvalue weighted by molar-refractivity contribution is 7.87. The van der Waals surface area contributed by atoms with Crippen molar-refractivity contribution < 1.29 is 23.2 Å². The quantitative estimate of drug-likeness (QED) is 0.239. The molecule has 0 bridgehead atoms. The second-order valence-corrected chi connectivity index (χ2v) is 9.20. The number of phenols is 2. The first kappa shape index (κ1) is 22.0. The van der Waals surface area contributed by atoms with E-state index in [2.05, 4.69) is 0 Å². The summed E-state index contributed by atoms with van der Waals surface area (Å²) in [7, 11) is -5.14. The summed E-state index contributed by atoms with van der Waals surface area (Å²) >= 11 is 24.6. The fourth-order valence-corrected chi connectivity index (χ4v) is 5.73. The minimum absolute atomic E-state index is 0.00178. The van der Waals surface area contributed by atoms with E-state index in [4.69, 9.17) is 46.4 Å². The molecule has 0 spiro atoms. The lowest BCUT2D eigenvalue weighted by atomic mass is 9.83. The molecule has 1 unspecified atom stereocenters. The first-order valence-corrected chi connectivity index (χ1v) is 10.9. The minimum Gasteiger partial charge on any atom is -0.504 e. The van der Waals surface area contributed by atoms with E-state index in [1.807, 2.05) is 0 Å². The summed E-state index contributed by atoms with van der Waals surface area (Å²) in [4.78, 5) is 0. The first-order chi connectivity index (χ1) is 13.5. The Morgan fingerprint density at radius 2 is 1.38 bits per heavy atom. The molecule has 10 heteroatoms. The zero-order valence-electron chi connectivity index (χ0n) is 14.3. The maximum absolute atomic E-state index is 13.0. The van der Waals surface area contributed by atoms with Crippen LogP contribution in [0.15, 0.2) is 54.6 Å². The predicted molar refractivity (Wildman–Crippen MR) is 114 cm³/mol. The molecule has 0 heterocycles. The van der Waals surface area contributed by atoms with E-state index in [-0.39, 0.29) is 31.2 Å². The summed E-state index contributed by atoms with van der Waals surface area (Å²) in [5.41, 5.74) is -0.719. The van der Waals surface area contributed by atoms with Gasteiger partial charge in [-0.15, -0.1) is 0 Å². The number of hydrogen-bond donors (Lipinski definition) is 3. The number of rotatable bonds is 4. The van der Waals surface area contributed by atoms with Crippen LogP contribution >= 0.6 is 46.4 Å². The average Bonchev–Trinajstić information content (AvgIpc) is 2.66.